The molecule has 1 atom stereocenters. The minimum atomic E-state index is 0.354. The van der Waals surface area contributed by atoms with Gasteiger partial charge in [-0.3, -0.25) is 0 Å². The van der Waals surface area contributed by atoms with E-state index < -0.39 is 0 Å². The molecule has 1 N–H and O–H groups in total. The smallest absolute Gasteiger partial charge is 0.150 e. The molecule has 0 bridgehead atoms. The first-order chi connectivity index (χ1) is 9.28. The van der Waals surface area contributed by atoms with E-state index in [1.807, 2.05) is 0 Å². The Bertz CT molecular complexity index is 573. The zero-order valence-electron chi connectivity index (χ0n) is 11.6. The number of fused-ring (bicyclic) bond motifs is 1. The summed E-state index contributed by atoms with van der Waals surface area (Å²) in [4.78, 5) is 0. The molecule has 0 aliphatic carbocycles. The van der Waals surface area contributed by atoms with Crippen molar-refractivity contribution < 1.29 is 0 Å². The average Bonchev–Trinajstić information content (AvgIpc) is 2.82. The van der Waals surface area contributed by atoms with Crippen LogP contribution in [0.15, 0.2) is 24.3 Å². The first-order valence-electron chi connectivity index (χ1n) is 6.99. The standard InChI is InChI=1S/C15H20N4/c1-3-13-15-18-17-14(19(15)8-7-16-13)10-12-6-4-5-11(2)9-12/h4-6,9,13,16H,3,7-8,10H2,1-2H3. The number of nitrogens with zero attached hydrogens (tertiary/aromatic N) is 3. The molecule has 100 valence electrons. The van der Waals surface area contributed by atoms with Crippen molar-refractivity contribution in [3.8, 4) is 0 Å². The fourth-order valence-electron chi connectivity index (χ4n) is 2.75. The van der Waals surface area contributed by atoms with Gasteiger partial charge >= 0.3 is 0 Å². The molecule has 2 heterocycles. The van der Waals surface area contributed by atoms with Gasteiger partial charge in [0.1, 0.15) is 11.6 Å². The summed E-state index contributed by atoms with van der Waals surface area (Å²) in [7, 11) is 0. The van der Waals surface area contributed by atoms with E-state index in [9.17, 15) is 0 Å². The molecule has 1 unspecified atom stereocenters. The minimum Gasteiger partial charge on any atom is -0.312 e. The van der Waals surface area contributed by atoms with Gasteiger partial charge < -0.3 is 9.88 Å². The highest BCUT2D eigenvalue weighted by molar-refractivity contribution is 5.25. The summed E-state index contributed by atoms with van der Waals surface area (Å²) in [5.41, 5.74) is 2.60. The fraction of sp³-hybridized carbons (Fsp3) is 0.467. The number of hydrogen-bond acceptors (Lipinski definition) is 3. The van der Waals surface area contributed by atoms with Crippen molar-refractivity contribution in [1.82, 2.24) is 20.1 Å². The van der Waals surface area contributed by atoms with Gasteiger partial charge in [0.25, 0.3) is 0 Å². The quantitative estimate of drug-likeness (QED) is 0.915. The number of aromatic nitrogens is 3. The molecule has 1 aliphatic heterocycles. The second-order valence-electron chi connectivity index (χ2n) is 5.21. The lowest BCUT2D eigenvalue weighted by atomic mass is 10.1. The Kier molecular flexibility index (Phi) is 3.34. The van der Waals surface area contributed by atoms with Crippen LogP contribution >= 0.6 is 0 Å². The zero-order chi connectivity index (χ0) is 13.2. The van der Waals surface area contributed by atoms with Crippen molar-refractivity contribution in [2.45, 2.75) is 39.3 Å². The van der Waals surface area contributed by atoms with Crippen LogP contribution in [0.25, 0.3) is 0 Å². The summed E-state index contributed by atoms with van der Waals surface area (Å²) < 4.78 is 2.28. The highest BCUT2D eigenvalue weighted by Gasteiger charge is 2.23. The summed E-state index contributed by atoms with van der Waals surface area (Å²) in [6.07, 6.45) is 1.92. The molecule has 1 aromatic carbocycles. The molecule has 0 fully saturated rings. The van der Waals surface area contributed by atoms with Crippen LogP contribution in [0.2, 0.25) is 0 Å². The lowest BCUT2D eigenvalue weighted by molar-refractivity contribution is 0.401. The Morgan fingerprint density at radius 1 is 1.37 bits per heavy atom. The number of benzene rings is 1. The lowest BCUT2D eigenvalue weighted by Crippen LogP contribution is -2.34. The van der Waals surface area contributed by atoms with Gasteiger partial charge in [-0.1, -0.05) is 36.8 Å². The minimum absolute atomic E-state index is 0.354. The molecular formula is C15H20N4. The van der Waals surface area contributed by atoms with E-state index in [1.54, 1.807) is 0 Å². The van der Waals surface area contributed by atoms with Crippen LogP contribution in [0.4, 0.5) is 0 Å². The summed E-state index contributed by atoms with van der Waals surface area (Å²) in [6.45, 7) is 6.28. The highest BCUT2D eigenvalue weighted by atomic mass is 15.3. The van der Waals surface area contributed by atoms with Crippen LogP contribution in [0.5, 0.6) is 0 Å². The average molecular weight is 256 g/mol. The topological polar surface area (TPSA) is 42.7 Å². The molecule has 3 rings (SSSR count). The van der Waals surface area contributed by atoms with E-state index in [4.69, 9.17) is 0 Å². The normalized spacial score (nSPS) is 18.3. The van der Waals surface area contributed by atoms with Gasteiger partial charge in [-0.15, -0.1) is 10.2 Å². The van der Waals surface area contributed by atoms with Gasteiger partial charge in [0.2, 0.25) is 0 Å². The van der Waals surface area contributed by atoms with Crippen molar-refractivity contribution in [3.63, 3.8) is 0 Å². The highest BCUT2D eigenvalue weighted by Crippen LogP contribution is 2.20. The van der Waals surface area contributed by atoms with E-state index >= 15 is 0 Å². The first kappa shape index (κ1) is 12.4. The molecule has 4 heteroatoms. The number of rotatable bonds is 3. The Labute approximate surface area is 113 Å². The second-order valence-corrected chi connectivity index (χ2v) is 5.21. The maximum Gasteiger partial charge on any atom is 0.150 e. The molecule has 1 aliphatic rings. The summed E-state index contributed by atoms with van der Waals surface area (Å²) in [5.74, 6) is 2.18. The third kappa shape index (κ3) is 2.40. The van der Waals surface area contributed by atoms with Crippen LogP contribution < -0.4 is 5.32 Å². The molecule has 0 saturated heterocycles. The Morgan fingerprint density at radius 2 is 2.26 bits per heavy atom. The van der Waals surface area contributed by atoms with Gasteiger partial charge in [0.05, 0.1) is 6.04 Å². The van der Waals surface area contributed by atoms with Gasteiger partial charge in [-0.25, -0.2) is 0 Å². The first-order valence-corrected chi connectivity index (χ1v) is 6.99. The Hall–Kier alpha value is -1.68. The van der Waals surface area contributed by atoms with E-state index in [0.29, 0.717) is 6.04 Å². The van der Waals surface area contributed by atoms with Crippen molar-refractivity contribution in [2.75, 3.05) is 6.54 Å². The van der Waals surface area contributed by atoms with Crippen LogP contribution in [0, 0.1) is 6.92 Å². The maximum atomic E-state index is 4.39. The third-order valence-electron chi connectivity index (χ3n) is 3.75. The fourth-order valence-corrected chi connectivity index (χ4v) is 2.75. The molecule has 0 saturated carbocycles. The summed E-state index contributed by atoms with van der Waals surface area (Å²) in [5, 5.41) is 12.3. The van der Waals surface area contributed by atoms with Crippen molar-refractivity contribution in [1.29, 1.82) is 0 Å². The number of nitrogens with one attached hydrogen (secondary N) is 1. The summed E-state index contributed by atoms with van der Waals surface area (Å²) in [6, 6.07) is 8.97. The van der Waals surface area contributed by atoms with E-state index in [2.05, 4.69) is 58.2 Å². The van der Waals surface area contributed by atoms with Crippen LogP contribution in [-0.4, -0.2) is 21.3 Å². The van der Waals surface area contributed by atoms with Crippen LogP contribution in [0.3, 0.4) is 0 Å². The van der Waals surface area contributed by atoms with Gasteiger partial charge in [-0.05, 0) is 18.9 Å². The molecule has 0 radical (unpaired) electrons. The summed E-state index contributed by atoms with van der Waals surface area (Å²) >= 11 is 0. The van der Waals surface area contributed by atoms with Crippen molar-refractivity contribution in [2.24, 2.45) is 0 Å². The molecule has 0 amide bonds. The third-order valence-corrected chi connectivity index (χ3v) is 3.75. The largest absolute Gasteiger partial charge is 0.312 e. The molecule has 4 nitrogen and oxygen atoms in total. The van der Waals surface area contributed by atoms with Gasteiger partial charge in [0, 0.05) is 19.5 Å². The predicted molar refractivity (Wildman–Crippen MR) is 75.0 cm³/mol. The zero-order valence-corrected chi connectivity index (χ0v) is 11.6. The molecule has 2 aromatic rings. The van der Waals surface area contributed by atoms with Gasteiger partial charge in [-0.2, -0.15) is 0 Å². The molecule has 19 heavy (non-hydrogen) atoms. The molecular weight excluding hydrogens is 236 g/mol. The Morgan fingerprint density at radius 3 is 3.05 bits per heavy atom. The molecule has 1 aromatic heterocycles. The van der Waals surface area contributed by atoms with Crippen molar-refractivity contribution in [3.05, 3.63) is 47.0 Å². The predicted octanol–water partition coefficient (Wildman–Crippen LogP) is 2.23. The second kappa shape index (κ2) is 5.13. The molecule has 0 spiro atoms. The van der Waals surface area contributed by atoms with Crippen LogP contribution in [-0.2, 0) is 13.0 Å². The van der Waals surface area contributed by atoms with E-state index in [0.717, 1.165) is 37.6 Å². The van der Waals surface area contributed by atoms with E-state index in [-0.39, 0.29) is 0 Å². The maximum absolute atomic E-state index is 4.39. The van der Waals surface area contributed by atoms with Crippen molar-refractivity contribution >= 4 is 0 Å². The monoisotopic (exact) mass is 256 g/mol. The van der Waals surface area contributed by atoms with Gasteiger partial charge in [0.15, 0.2) is 0 Å². The van der Waals surface area contributed by atoms with E-state index in [1.165, 1.54) is 11.1 Å². The van der Waals surface area contributed by atoms with Crippen LogP contribution in [0.1, 0.15) is 42.2 Å². The Balaban J connectivity index is 1.88. The lowest BCUT2D eigenvalue weighted by Gasteiger charge is -2.24. The number of aryl methyl sites for hydroxylation is 1. The SMILES string of the molecule is CCC1NCCn2c(Cc3cccc(C)c3)nnc21. The number of hydrogen-bond donors (Lipinski definition) is 1.